The van der Waals surface area contributed by atoms with Crippen molar-refractivity contribution < 1.29 is 43.8 Å². The molecule has 8 nitrogen and oxygen atoms in total. The van der Waals surface area contributed by atoms with E-state index in [1.54, 1.807) is 0 Å². The molecule has 0 saturated carbocycles. The van der Waals surface area contributed by atoms with Gasteiger partial charge in [-0.05, 0) is 6.42 Å². The maximum Gasteiger partial charge on any atom is 0.344 e. The SMILES string of the molecule is [2H]OC(CCC[N+]([2H])([2H])[2H])(P(=O)([O-])O[2H])P(=O)([O-])O[2H]. The molecule has 14 heavy (non-hydrogen) atoms. The summed E-state index contributed by atoms with van der Waals surface area (Å²) >= 11 is 0. The molecule has 0 radical (unpaired) electrons. The van der Waals surface area contributed by atoms with E-state index in [0.29, 0.717) is 0 Å². The van der Waals surface area contributed by atoms with Gasteiger partial charge in [0.1, 0.15) is 0 Å². The molecule has 2 unspecified atom stereocenters. The molecular formula is C4H12NO7P2-. The van der Waals surface area contributed by atoms with Gasteiger partial charge in [0, 0.05) is 6.42 Å². The van der Waals surface area contributed by atoms with Crippen LogP contribution in [0.15, 0.2) is 0 Å². The third-order valence-electron chi connectivity index (χ3n) is 1.52. The highest BCUT2D eigenvalue weighted by atomic mass is 31.2. The number of rotatable bonds is 9. The molecule has 0 aliphatic carbocycles. The summed E-state index contributed by atoms with van der Waals surface area (Å²) in [6, 6.07) is 0. The highest BCUT2D eigenvalue weighted by Gasteiger charge is 2.46. The lowest BCUT2D eigenvalue weighted by Crippen LogP contribution is -2.51. The normalized spacial score (nSPS) is 31.6. The van der Waals surface area contributed by atoms with E-state index in [1.165, 1.54) is 0 Å². The smallest absolute Gasteiger partial charge is 0.344 e. The molecule has 0 aromatic heterocycles. The molecule has 10 heteroatoms. The molecule has 0 aliphatic rings. The number of quaternary nitrogens is 1. The zero-order valence-electron chi connectivity index (χ0n) is 12.8. The Balaban J connectivity index is 5.48. The maximum atomic E-state index is 11.5. The lowest BCUT2D eigenvalue weighted by atomic mass is 10.3. The van der Waals surface area contributed by atoms with Crippen LogP contribution in [0.5, 0.6) is 0 Å². The molecule has 0 saturated heterocycles. The summed E-state index contributed by atoms with van der Waals surface area (Å²) < 4.78 is 62.9. The molecule has 0 heterocycles. The molecule has 0 fully saturated rings. The summed E-state index contributed by atoms with van der Waals surface area (Å²) in [6.45, 7) is -0.638. The predicted molar refractivity (Wildman–Crippen MR) is 41.6 cm³/mol. The molecular weight excluding hydrogens is 236 g/mol. The van der Waals surface area contributed by atoms with E-state index < -0.39 is 45.4 Å². The average Bonchev–Trinajstić information content (AvgIpc) is 2.32. The first-order valence-electron chi connectivity index (χ1n) is 5.98. The standard InChI is InChI=1S/C4H13NO7P2/c5-3-1-2-4(6,13(7,8)9)14(10,11)12/h6H,1-3,5H2,(H2,7,8,9)(H2,10,11,12)/p-1/i6D/hD5. The molecule has 0 aliphatic heterocycles. The Morgan fingerprint density at radius 2 is 2.00 bits per heavy atom. The van der Waals surface area contributed by atoms with Crippen LogP contribution in [0.1, 0.15) is 12.8 Å². The van der Waals surface area contributed by atoms with E-state index in [1.807, 2.05) is 0 Å². The van der Waals surface area contributed by atoms with Crippen molar-refractivity contribution in [1.82, 2.24) is 0 Å². The molecule has 0 spiro atoms. The van der Waals surface area contributed by atoms with E-state index in [2.05, 4.69) is 14.9 Å². The van der Waals surface area contributed by atoms with Crippen LogP contribution in [0.2, 0.25) is 4.24 Å². The maximum absolute atomic E-state index is 11.5. The first kappa shape index (κ1) is 6.73. The summed E-state index contributed by atoms with van der Waals surface area (Å²) in [5.74, 6) is 0. The Bertz CT molecular complexity index is 393. The zero-order valence-corrected chi connectivity index (χ0v) is 8.61. The Labute approximate surface area is 88.9 Å². The Morgan fingerprint density at radius 3 is 2.36 bits per heavy atom. The van der Waals surface area contributed by atoms with E-state index in [9.17, 15) is 18.9 Å². The molecule has 6 N–H and O–H groups in total. The molecule has 2 atom stereocenters. The van der Waals surface area contributed by atoms with Gasteiger partial charge in [-0.3, -0.25) is 0 Å². The number of aliphatic hydroxyl groups is 1. The number of hydrogen-bond donors (Lipinski definition) is 4. The van der Waals surface area contributed by atoms with Gasteiger partial charge in [0.15, 0.2) is 20.3 Å². The van der Waals surface area contributed by atoms with Gasteiger partial charge in [0.05, 0.1) is 6.54 Å². The van der Waals surface area contributed by atoms with Crippen LogP contribution < -0.4 is 15.5 Å². The van der Waals surface area contributed by atoms with Gasteiger partial charge in [0.25, 0.3) is 0 Å². The first-order valence-corrected chi connectivity index (χ1v) is 6.50. The van der Waals surface area contributed by atoms with Gasteiger partial charge in [-0.15, -0.1) is 0 Å². The first-order chi connectivity index (χ1) is 8.89. The van der Waals surface area contributed by atoms with E-state index in [0.717, 1.165) is 0 Å². The Morgan fingerprint density at radius 1 is 1.43 bits per heavy atom. The molecule has 0 aromatic carbocycles. The number of hydrogen-bond acceptors (Lipinski definition) is 7. The summed E-state index contributed by atoms with van der Waals surface area (Å²) in [5, 5.41) is 0.223. The van der Waals surface area contributed by atoms with Crippen molar-refractivity contribution in [3.05, 3.63) is 0 Å². The third-order valence-corrected chi connectivity index (χ3v) is 5.15. The minimum absolute atomic E-state index is 0.541. The fourth-order valence-electron chi connectivity index (χ4n) is 0.733. The fraction of sp³-hybridized carbons (Fsp3) is 1.00. The van der Waals surface area contributed by atoms with Gasteiger partial charge in [-0.1, -0.05) is 0 Å². The Hall–Kier alpha value is 0.220. The van der Waals surface area contributed by atoms with Gasteiger partial charge >= 0.3 is 4.24 Å². The summed E-state index contributed by atoms with van der Waals surface area (Å²) in [4.78, 5) is 29.6. The van der Waals surface area contributed by atoms with E-state index >= 15 is 0 Å². The second-order valence-corrected chi connectivity index (χ2v) is 6.35. The summed E-state index contributed by atoms with van der Waals surface area (Å²) in [5.41, 5.74) is -1.84. The monoisotopic (exact) mass is 254 g/mol. The molecule has 86 valence electrons. The van der Waals surface area contributed by atoms with Crippen LogP contribution >= 0.6 is 15.2 Å². The second-order valence-electron chi connectivity index (χ2n) is 2.57. The average molecular weight is 254 g/mol. The van der Waals surface area contributed by atoms with Crippen LogP contribution in [-0.2, 0) is 9.13 Å². The van der Waals surface area contributed by atoms with Crippen molar-refractivity contribution in [3.63, 3.8) is 0 Å². The second kappa shape index (κ2) is 4.38. The van der Waals surface area contributed by atoms with Crippen molar-refractivity contribution in [1.29, 1.82) is 4.29 Å². The third kappa shape index (κ3) is 2.85. The molecule has 0 rings (SSSR count). The van der Waals surface area contributed by atoms with Crippen LogP contribution in [0.25, 0.3) is 0 Å². The van der Waals surface area contributed by atoms with Crippen LogP contribution in [-0.4, -0.2) is 30.8 Å². The Kier molecular flexibility index (Phi) is 2.11. The minimum atomic E-state index is -5.64. The fourth-order valence-corrected chi connectivity index (χ4v) is 2.80. The molecule has 0 amide bonds. The van der Waals surface area contributed by atoms with Crippen molar-refractivity contribution in [3.8, 4) is 0 Å². The quantitative estimate of drug-likeness (QED) is 0.313. The van der Waals surface area contributed by atoms with Gasteiger partial charge in [0.2, 0.25) is 4.29 Å². The lowest BCUT2D eigenvalue weighted by molar-refractivity contribution is -0.369. The van der Waals surface area contributed by atoms with Gasteiger partial charge < -0.3 is 39.5 Å². The zero-order chi connectivity index (χ0) is 16.2. The van der Waals surface area contributed by atoms with Gasteiger partial charge in [-0.25, -0.2) is 0 Å². The summed E-state index contributed by atoms with van der Waals surface area (Å²) in [7, 11) is -11.3. The van der Waals surface area contributed by atoms with Crippen molar-refractivity contribution in [2.45, 2.75) is 17.9 Å². The van der Waals surface area contributed by atoms with E-state index in [-0.39, 0.29) is 0 Å². The largest absolute Gasteiger partial charge is 0.776 e. The van der Waals surface area contributed by atoms with Crippen molar-refractivity contribution in [2.75, 3.05) is 6.54 Å². The van der Waals surface area contributed by atoms with E-state index in [4.69, 9.17) is 8.53 Å². The summed E-state index contributed by atoms with van der Waals surface area (Å²) in [6.07, 6.45) is -1.59. The van der Waals surface area contributed by atoms with Crippen LogP contribution in [0.3, 0.4) is 0 Å². The molecule has 0 bridgehead atoms. The predicted octanol–water partition coefficient (Wildman–Crippen LogP) is -3.25. The van der Waals surface area contributed by atoms with Gasteiger partial charge in [-0.2, -0.15) is 0 Å². The topological polar surface area (TPSA) is 169 Å². The van der Waals surface area contributed by atoms with Crippen molar-refractivity contribution in [2.24, 2.45) is 0 Å². The van der Waals surface area contributed by atoms with Crippen molar-refractivity contribution >= 4 is 15.2 Å². The highest BCUT2D eigenvalue weighted by molar-refractivity contribution is 7.70. The minimum Gasteiger partial charge on any atom is -0.776 e. The van der Waals surface area contributed by atoms with Crippen LogP contribution in [0, 0.1) is 0 Å². The van der Waals surface area contributed by atoms with Crippen LogP contribution in [0.4, 0.5) is 0 Å². The highest BCUT2D eigenvalue weighted by Crippen LogP contribution is 2.65. The lowest BCUT2D eigenvalue weighted by Gasteiger charge is -2.41. The molecule has 0 aromatic rings.